The molecule has 2 heterocycles. The van der Waals surface area contributed by atoms with Gasteiger partial charge in [0.05, 0.1) is 24.0 Å². The second-order valence-electron chi connectivity index (χ2n) is 7.67. The number of carboxylic acid groups (broad SMARTS) is 1. The third kappa shape index (κ3) is 5.56. The van der Waals surface area contributed by atoms with Crippen LogP contribution in [0, 0.1) is 5.92 Å². The highest BCUT2D eigenvalue weighted by Gasteiger charge is 2.18. The number of H-pyrrole nitrogens is 1. The minimum atomic E-state index is -1.07. The first-order valence-electron chi connectivity index (χ1n) is 10.4. The topological polar surface area (TPSA) is 158 Å². The molecule has 11 heteroatoms. The number of aromatic amines is 1. The van der Waals surface area contributed by atoms with E-state index in [1.807, 2.05) is 6.92 Å². The number of hydrogen-bond acceptors (Lipinski definition) is 7. The molecule has 0 aliphatic carbocycles. The van der Waals surface area contributed by atoms with Gasteiger partial charge in [-0.2, -0.15) is 4.98 Å². The van der Waals surface area contributed by atoms with E-state index < -0.39 is 11.5 Å². The van der Waals surface area contributed by atoms with Crippen molar-refractivity contribution in [3.8, 4) is 0 Å². The van der Waals surface area contributed by atoms with Crippen molar-refractivity contribution in [1.29, 1.82) is 0 Å². The van der Waals surface area contributed by atoms with Crippen LogP contribution in [0.4, 0.5) is 11.6 Å². The second-order valence-corrected chi connectivity index (χ2v) is 7.67. The maximum atomic E-state index is 12.7. The van der Waals surface area contributed by atoms with Crippen molar-refractivity contribution >= 4 is 40.6 Å². The summed E-state index contributed by atoms with van der Waals surface area (Å²) in [4.78, 5) is 64.8. The molecule has 0 atom stereocenters. The Bertz CT molecular complexity index is 1250. The van der Waals surface area contributed by atoms with Crippen LogP contribution in [0.2, 0.25) is 0 Å². The number of amides is 2. The van der Waals surface area contributed by atoms with Crippen molar-refractivity contribution in [2.24, 2.45) is 5.92 Å². The zero-order valence-corrected chi connectivity index (χ0v) is 18.5. The van der Waals surface area contributed by atoms with Crippen LogP contribution in [0.1, 0.15) is 49.7 Å². The predicted octanol–water partition coefficient (Wildman–Crippen LogP) is 2.34. The number of anilines is 2. The van der Waals surface area contributed by atoms with E-state index in [1.165, 1.54) is 23.2 Å². The van der Waals surface area contributed by atoms with E-state index >= 15 is 0 Å². The Kier molecular flexibility index (Phi) is 7.11. The van der Waals surface area contributed by atoms with Gasteiger partial charge in [0.25, 0.3) is 5.56 Å². The Hall–Kier alpha value is -4.15. The van der Waals surface area contributed by atoms with Gasteiger partial charge >= 0.3 is 5.97 Å². The number of carbonyl (C=O) groups is 3. The lowest BCUT2D eigenvalue weighted by Crippen LogP contribution is -2.30. The molecule has 1 aromatic carbocycles. The van der Waals surface area contributed by atoms with E-state index in [4.69, 9.17) is 5.11 Å². The molecular weight excluding hydrogens is 428 g/mol. The summed E-state index contributed by atoms with van der Waals surface area (Å²) in [6.07, 6.45) is 2.31. The van der Waals surface area contributed by atoms with Gasteiger partial charge in [0.15, 0.2) is 11.2 Å². The quantitative estimate of drug-likeness (QED) is 0.470. The molecule has 0 aliphatic rings. The first-order chi connectivity index (χ1) is 15.7. The Balaban J connectivity index is 1.93. The summed E-state index contributed by atoms with van der Waals surface area (Å²) >= 11 is 0. The summed E-state index contributed by atoms with van der Waals surface area (Å²) in [5, 5.41) is 11.6. The molecule has 11 nitrogen and oxygen atoms in total. The molecule has 33 heavy (non-hydrogen) atoms. The zero-order valence-electron chi connectivity index (χ0n) is 18.5. The number of benzene rings is 1. The predicted molar refractivity (Wildman–Crippen MR) is 121 cm³/mol. The van der Waals surface area contributed by atoms with Crippen LogP contribution in [0.3, 0.4) is 0 Å². The van der Waals surface area contributed by atoms with Crippen LogP contribution in [-0.4, -0.2) is 42.8 Å². The number of nitrogens with zero attached hydrogens (tertiary/aromatic N) is 4. The number of carbonyl (C=O) groups excluding carboxylic acids is 2. The molecule has 0 fully saturated rings. The Morgan fingerprint density at radius 1 is 1.15 bits per heavy atom. The van der Waals surface area contributed by atoms with Crippen molar-refractivity contribution in [2.75, 3.05) is 10.2 Å². The number of aromatic carboxylic acids is 1. The second kappa shape index (κ2) is 9.98. The summed E-state index contributed by atoms with van der Waals surface area (Å²) in [6, 6.07) is 5.92. The van der Waals surface area contributed by atoms with Gasteiger partial charge in [-0.1, -0.05) is 20.8 Å². The molecule has 3 N–H and O–H groups in total. The lowest BCUT2D eigenvalue weighted by molar-refractivity contribution is -0.119. The molecule has 0 saturated heterocycles. The third-order valence-corrected chi connectivity index (χ3v) is 4.74. The van der Waals surface area contributed by atoms with Gasteiger partial charge in [-0.05, 0) is 30.7 Å². The first-order valence-corrected chi connectivity index (χ1v) is 10.4. The lowest BCUT2D eigenvalue weighted by atomic mass is 10.1. The van der Waals surface area contributed by atoms with Crippen molar-refractivity contribution in [2.45, 2.75) is 40.2 Å². The Labute approximate surface area is 188 Å². The fourth-order valence-electron chi connectivity index (χ4n) is 2.97. The number of rotatable bonds is 8. The van der Waals surface area contributed by atoms with E-state index in [0.717, 1.165) is 0 Å². The van der Waals surface area contributed by atoms with Gasteiger partial charge in [-0.15, -0.1) is 0 Å². The molecule has 0 spiro atoms. The van der Waals surface area contributed by atoms with Gasteiger partial charge < -0.3 is 10.0 Å². The smallest absolute Gasteiger partial charge is 0.335 e. The molecule has 3 aromatic rings. The van der Waals surface area contributed by atoms with Gasteiger partial charge in [-0.25, -0.2) is 14.8 Å². The van der Waals surface area contributed by atoms with Gasteiger partial charge in [0.2, 0.25) is 17.8 Å². The first kappa shape index (κ1) is 23.5. The number of hydrogen-bond donors (Lipinski definition) is 3. The van der Waals surface area contributed by atoms with Crippen molar-refractivity contribution in [3.05, 3.63) is 52.1 Å². The average Bonchev–Trinajstić information content (AvgIpc) is 2.78. The van der Waals surface area contributed by atoms with Crippen LogP contribution >= 0.6 is 0 Å². The number of carboxylic acids is 1. The van der Waals surface area contributed by atoms with E-state index in [0.29, 0.717) is 17.8 Å². The third-order valence-electron chi connectivity index (χ3n) is 4.74. The Morgan fingerprint density at radius 3 is 2.45 bits per heavy atom. The summed E-state index contributed by atoms with van der Waals surface area (Å²) in [7, 11) is 0. The molecular formula is C22H24N6O5. The highest BCUT2D eigenvalue weighted by Crippen LogP contribution is 2.20. The van der Waals surface area contributed by atoms with Crippen LogP contribution < -0.4 is 15.8 Å². The maximum absolute atomic E-state index is 12.7. The molecule has 2 amide bonds. The van der Waals surface area contributed by atoms with E-state index in [9.17, 15) is 19.2 Å². The highest BCUT2D eigenvalue weighted by molar-refractivity contribution is 5.94. The zero-order chi connectivity index (χ0) is 24.1. The van der Waals surface area contributed by atoms with E-state index in [1.54, 1.807) is 26.0 Å². The lowest BCUT2D eigenvalue weighted by Gasteiger charge is -2.22. The molecule has 0 bridgehead atoms. The van der Waals surface area contributed by atoms with Gasteiger partial charge in [-0.3, -0.25) is 24.7 Å². The number of aromatic nitrogens is 4. The number of nitrogens with one attached hydrogen (secondary N) is 2. The maximum Gasteiger partial charge on any atom is 0.335 e. The summed E-state index contributed by atoms with van der Waals surface area (Å²) in [6.45, 7) is 5.32. The monoisotopic (exact) mass is 452 g/mol. The van der Waals surface area contributed by atoms with Crippen molar-refractivity contribution in [3.63, 3.8) is 0 Å². The van der Waals surface area contributed by atoms with Gasteiger partial charge in [0.1, 0.15) is 0 Å². The van der Waals surface area contributed by atoms with Gasteiger partial charge in [0, 0.05) is 18.0 Å². The molecule has 0 saturated carbocycles. The van der Waals surface area contributed by atoms with Crippen LogP contribution in [0.15, 0.2) is 35.3 Å². The SMILES string of the molecule is CCCC(=O)N(Cc1cnc2nc(NC(=O)C(C)C)[nH]c(=O)c2n1)c1ccc(C(=O)O)cc1. The van der Waals surface area contributed by atoms with Crippen LogP contribution in [-0.2, 0) is 16.1 Å². The van der Waals surface area contributed by atoms with E-state index in [2.05, 4.69) is 25.3 Å². The van der Waals surface area contributed by atoms with Crippen LogP contribution in [0.25, 0.3) is 11.2 Å². The fourth-order valence-corrected chi connectivity index (χ4v) is 2.97. The number of fused-ring (bicyclic) bond motifs is 1. The molecule has 0 aliphatic heterocycles. The molecule has 0 radical (unpaired) electrons. The Morgan fingerprint density at radius 2 is 1.85 bits per heavy atom. The van der Waals surface area contributed by atoms with Crippen molar-refractivity contribution < 1.29 is 19.5 Å². The fraction of sp³-hybridized carbons (Fsp3) is 0.318. The van der Waals surface area contributed by atoms with E-state index in [-0.39, 0.29) is 53.4 Å². The molecule has 2 aromatic heterocycles. The molecule has 172 valence electrons. The largest absolute Gasteiger partial charge is 0.478 e. The summed E-state index contributed by atoms with van der Waals surface area (Å²) in [5.41, 5.74) is 0.397. The van der Waals surface area contributed by atoms with Crippen molar-refractivity contribution in [1.82, 2.24) is 19.9 Å². The minimum absolute atomic E-state index is 0.0217. The molecule has 0 unspecified atom stereocenters. The highest BCUT2D eigenvalue weighted by atomic mass is 16.4. The van der Waals surface area contributed by atoms with Crippen LogP contribution in [0.5, 0.6) is 0 Å². The normalized spacial score (nSPS) is 10.9. The standard InChI is InChI=1S/C22H24N6O5/c1-4-5-16(29)28(15-8-6-13(7-9-15)21(32)33)11-14-10-23-18-17(24-14)20(31)27-22(25-18)26-19(30)12(2)3/h6-10,12H,4-5,11H2,1-3H3,(H,32,33)(H2,23,25,26,27,30,31). The summed E-state index contributed by atoms with van der Waals surface area (Å²) < 4.78 is 0. The molecule has 3 rings (SSSR count). The minimum Gasteiger partial charge on any atom is -0.478 e. The summed E-state index contributed by atoms with van der Waals surface area (Å²) in [5.74, 6) is -1.87. The average molecular weight is 452 g/mol.